The molecule has 0 aromatic heterocycles. The number of carbonyl (C=O) groups is 2. The fourth-order valence-corrected chi connectivity index (χ4v) is 4.00. The Labute approximate surface area is 177 Å². The third-order valence-corrected chi connectivity index (χ3v) is 5.59. The fourth-order valence-electron chi connectivity index (χ4n) is 3.74. The van der Waals surface area contributed by atoms with Gasteiger partial charge in [0.25, 0.3) is 5.91 Å². The number of rotatable bonds is 8. The fraction of sp³-hybridized carbons (Fsp3) is 0.391. The average molecular weight is 414 g/mol. The van der Waals surface area contributed by atoms with E-state index in [1.165, 1.54) is 0 Å². The van der Waals surface area contributed by atoms with Gasteiger partial charge in [-0.1, -0.05) is 48.0 Å². The molecule has 1 aliphatic heterocycles. The van der Waals surface area contributed by atoms with E-state index < -0.39 is 0 Å². The van der Waals surface area contributed by atoms with Gasteiger partial charge in [0.1, 0.15) is 0 Å². The lowest BCUT2D eigenvalue weighted by Crippen LogP contribution is -2.40. The van der Waals surface area contributed by atoms with Crippen molar-refractivity contribution in [1.29, 1.82) is 0 Å². The van der Waals surface area contributed by atoms with Gasteiger partial charge in [-0.3, -0.25) is 14.5 Å². The number of nitrogens with one attached hydrogen (secondary N) is 2. The third kappa shape index (κ3) is 6.05. The Morgan fingerprint density at radius 3 is 2.38 bits per heavy atom. The van der Waals surface area contributed by atoms with Crippen LogP contribution in [-0.4, -0.2) is 42.4 Å². The summed E-state index contributed by atoms with van der Waals surface area (Å²) in [6, 6.07) is 16.6. The Balaban J connectivity index is 1.54. The molecule has 2 N–H and O–H groups in total. The van der Waals surface area contributed by atoms with Gasteiger partial charge in [-0.05, 0) is 56.6 Å². The van der Waals surface area contributed by atoms with Gasteiger partial charge in [0, 0.05) is 29.6 Å². The summed E-state index contributed by atoms with van der Waals surface area (Å²) in [6.45, 7) is 4.36. The summed E-state index contributed by atoms with van der Waals surface area (Å²) in [4.78, 5) is 27.1. The largest absolute Gasteiger partial charge is 0.354 e. The zero-order chi connectivity index (χ0) is 20.6. The van der Waals surface area contributed by atoms with Crippen LogP contribution in [0.15, 0.2) is 54.6 Å². The molecule has 2 atom stereocenters. The monoisotopic (exact) mass is 413 g/mol. The van der Waals surface area contributed by atoms with Crippen LogP contribution in [0.4, 0.5) is 0 Å². The van der Waals surface area contributed by atoms with Crippen molar-refractivity contribution in [1.82, 2.24) is 15.5 Å². The number of carbonyl (C=O) groups excluding carboxylic acids is 2. The van der Waals surface area contributed by atoms with Crippen LogP contribution in [0.5, 0.6) is 0 Å². The van der Waals surface area contributed by atoms with Gasteiger partial charge in [-0.25, -0.2) is 0 Å². The molecule has 5 nitrogen and oxygen atoms in total. The molecule has 1 fully saturated rings. The van der Waals surface area contributed by atoms with Gasteiger partial charge in [0.2, 0.25) is 5.91 Å². The van der Waals surface area contributed by atoms with E-state index in [0.29, 0.717) is 12.1 Å². The second-order valence-corrected chi connectivity index (χ2v) is 7.94. The number of likely N-dealkylation sites (tertiary alicyclic amines) is 1. The number of halogens is 1. The molecule has 154 valence electrons. The number of nitrogens with zero attached hydrogens (tertiary/aromatic N) is 1. The highest BCUT2D eigenvalue weighted by molar-refractivity contribution is 6.31. The van der Waals surface area contributed by atoms with Gasteiger partial charge >= 0.3 is 0 Å². The number of hydrogen-bond acceptors (Lipinski definition) is 3. The van der Waals surface area contributed by atoms with Crippen LogP contribution >= 0.6 is 11.6 Å². The summed E-state index contributed by atoms with van der Waals surface area (Å²) in [7, 11) is 0. The van der Waals surface area contributed by atoms with E-state index in [9.17, 15) is 9.59 Å². The Morgan fingerprint density at radius 1 is 1.03 bits per heavy atom. The summed E-state index contributed by atoms with van der Waals surface area (Å²) >= 11 is 6.43. The van der Waals surface area contributed by atoms with Crippen LogP contribution in [0, 0.1) is 0 Å². The highest BCUT2D eigenvalue weighted by Gasteiger charge is 2.25. The van der Waals surface area contributed by atoms with Crippen LogP contribution < -0.4 is 10.6 Å². The van der Waals surface area contributed by atoms with Gasteiger partial charge in [-0.15, -0.1) is 0 Å². The van der Waals surface area contributed by atoms with Crippen LogP contribution in [0.3, 0.4) is 0 Å². The Bertz CT molecular complexity index is 822. The zero-order valence-electron chi connectivity index (χ0n) is 16.7. The van der Waals surface area contributed by atoms with Crippen molar-refractivity contribution in [3.8, 4) is 0 Å². The molecule has 0 bridgehead atoms. The first-order valence-electron chi connectivity index (χ1n) is 10.2. The minimum absolute atomic E-state index is 0.0596. The second-order valence-electron chi connectivity index (χ2n) is 7.53. The molecule has 1 aliphatic rings. The summed E-state index contributed by atoms with van der Waals surface area (Å²) in [5.41, 5.74) is 1.63. The molecule has 0 radical (unpaired) electrons. The van der Waals surface area contributed by atoms with Crippen molar-refractivity contribution in [3.63, 3.8) is 0 Å². The molecule has 29 heavy (non-hydrogen) atoms. The van der Waals surface area contributed by atoms with E-state index >= 15 is 0 Å². The quantitative estimate of drug-likeness (QED) is 0.691. The molecule has 2 aromatic carbocycles. The van der Waals surface area contributed by atoms with E-state index in [1.807, 2.05) is 49.4 Å². The molecule has 0 aliphatic carbocycles. The molecule has 6 heteroatoms. The van der Waals surface area contributed by atoms with E-state index in [4.69, 9.17) is 11.6 Å². The minimum atomic E-state index is -0.256. The predicted octanol–water partition coefficient (Wildman–Crippen LogP) is 3.80. The lowest BCUT2D eigenvalue weighted by molar-refractivity contribution is -0.121. The molecule has 1 saturated heterocycles. The van der Waals surface area contributed by atoms with E-state index in [2.05, 4.69) is 15.5 Å². The molecule has 2 amide bonds. The lowest BCUT2D eigenvalue weighted by atomic mass is 10.1. The van der Waals surface area contributed by atoms with Crippen LogP contribution in [0.25, 0.3) is 0 Å². The minimum Gasteiger partial charge on any atom is -0.354 e. The summed E-state index contributed by atoms with van der Waals surface area (Å²) in [5.74, 6) is -0.251. The summed E-state index contributed by atoms with van der Waals surface area (Å²) in [6.07, 6.45) is 2.56. The summed E-state index contributed by atoms with van der Waals surface area (Å²) < 4.78 is 0. The van der Waals surface area contributed by atoms with E-state index in [-0.39, 0.29) is 30.3 Å². The number of benzene rings is 2. The van der Waals surface area contributed by atoms with Crippen LogP contribution in [0.1, 0.15) is 48.1 Å². The van der Waals surface area contributed by atoms with Gasteiger partial charge in [-0.2, -0.15) is 0 Å². The molecule has 3 rings (SSSR count). The van der Waals surface area contributed by atoms with Crippen molar-refractivity contribution >= 4 is 23.4 Å². The predicted molar refractivity (Wildman–Crippen MR) is 116 cm³/mol. The molecule has 0 unspecified atom stereocenters. The van der Waals surface area contributed by atoms with E-state index in [0.717, 1.165) is 36.5 Å². The molecular formula is C23H28ClN3O2. The maximum absolute atomic E-state index is 12.5. The first-order chi connectivity index (χ1) is 14.0. The summed E-state index contributed by atoms with van der Waals surface area (Å²) in [5, 5.41) is 6.64. The number of amides is 2. The molecule has 2 aromatic rings. The molecular weight excluding hydrogens is 386 g/mol. The first kappa shape index (κ1) is 21.3. The van der Waals surface area contributed by atoms with E-state index in [1.54, 1.807) is 12.1 Å². The second kappa shape index (κ2) is 10.4. The third-order valence-electron chi connectivity index (χ3n) is 5.24. The van der Waals surface area contributed by atoms with Crippen LogP contribution in [0.2, 0.25) is 5.02 Å². The zero-order valence-corrected chi connectivity index (χ0v) is 17.5. The maximum atomic E-state index is 12.5. The Kier molecular flexibility index (Phi) is 7.67. The maximum Gasteiger partial charge on any atom is 0.251 e. The first-order valence-corrected chi connectivity index (χ1v) is 10.5. The highest BCUT2D eigenvalue weighted by atomic mass is 35.5. The Morgan fingerprint density at radius 2 is 1.69 bits per heavy atom. The van der Waals surface area contributed by atoms with Crippen molar-refractivity contribution in [2.75, 3.05) is 19.6 Å². The average Bonchev–Trinajstić information content (AvgIpc) is 3.24. The number of hydrogen-bond donors (Lipinski definition) is 2. The Hall–Kier alpha value is -2.37. The SMILES string of the molecule is C[C@@H](CC(=O)NC[C@@H](c1ccccc1Cl)N1CCCC1)NC(=O)c1ccccc1. The molecule has 0 saturated carbocycles. The van der Waals surface area contributed by atoms with Crippen molar-refractivity contribution in [2.45, 2.75) is 38.3 Å². The van der Waals surface area contributed by atoms with Crippen LogP contribution in [-0.2, 0) is 4.79 Å². The normalized spacial score (nSPS) is 16.2. The topological polar surface area (TPSA) is 61.4 Å². The van der Waals surface area contributed by atoms with Crippen molar-refractivity contribution < 1.29 is 9.59 Å². The highest BCUT2D eigenvalue weighted by Crippen LogP contribution is 2.29. The molecule has 1 heterocycles. The van der Waals surface area contributed by atoms with Crippen molar-refractivity contribution in [2.24, 2.45) is 0 Å². The smallest absolute Gasteiger partial charge is 0.251 e. The van der Waals surface area contributed by atoms with Crippen molar-refractivity contribution in [3.05, 3.63) is 70.7 Å². The van der Waals surface area contributed by atoms with Gasteiger partial charge in [0.05, 0.1) is 6.04 Å². The van der Waals surface area contributed by atoms with Gasteiger partial charge in [0.15, 0.2) is 0 Å². The lowest BCUT2D eigenvalue weighted by Gasteiger charge is -2.29. The standard InChI is InChI=1S/C23H28ClN3O2/c1-17(26-23(29)18-9-3-2-4-10-18)15-22(28)25-16-21(27-13-7-8-14-27)19-11-5-6-12-20(19)24/h2-6,9-12,17,21H,7-8,13-16H2,1H3,(H,25,28)(H,26,29)/t17-,21-/m0/s1. The van der Waals surface area contributed by atoms with Gasteiger partial charge < -0.3 is 10.6 Å². The molecule has 0 spiro atoms.